The van der Waals surface area contributed by atoms with Crippen LogP contribution in [0.15, 0.2) is 0 Å². The number of nitrogens with one attached hydrogen (secondary N) is 1. The fraction of sp³-hybridized carbons (Fsp3) is 0.818. The Labute approximate surface area is 85.5 Å². The molecular weight excluding hydrogens is 176 g/mol. The molecule has 0 heterocycles. The van der Waals surface area contributed by atoms with Gasteiger partial charge in [-0.3, -0.25) is 4.79 Å². The van der Waals surface area contributed by atoms with Crippen LogP contribution >= 0.6 is 0 Å². The second-order valence-corrected chi connectivity index (χ2v) is 3.97. The molecule has 1 aliphatic rings. The maximum absolute atomic E-state index is 11.3. The SMILES string of the molecule is CCC(C#N)C(=O)NCCCC1CC1. The molecule has 1 amide bonds. The van der Waals surface area contributed by atoms with Crippen LogP contribution in [0.4, 0.5) is 0 Å². The molecule has 1 saturated carbocycles. The van der Waals surface area contributed by atoms with Crippen molar-refractivity contribution in [3.63, 3.8) is 0 Å². The number of rotatable bonds is 6. The molecule has 1 fully saturated rings. The Morgan fingerprint density at radius 2 is 2.36 bits per heavy atom. The van der Waals surface area contributed by atoms with Gasteiger partial charge in [0.05, 0.1) is 6.07 Å². The molecule has 0 bridgehead atoms. The van der Waals surface area contributed by atoms with Crippen molar-refractivity contribution in [3.05, 3.63) is 0 Å². The highest BCUT2D eigenvalue weighted by Gasteiger charge is 2.20. The van der Waals surface area contributed by atoms with Crippen LogP contribution in [0.25, 0.3) is 0 Å². The average molecular weight is 194 g/mol. The van der Waals surface area contributed by atoms with Crippen molar-refractivity contribution in [1.82, 2.24) is 5.32 Å². The summed E-state index contributed by atoms with van der Waals surface area (Å²) >= 11 is 0. The van der Waals surface area contributed by atoms with Crippen molar-refractivity contribution in [2.45, 2.75) is 39.0 Å². The molecule has 1 N–H and O–H groups in total. The van der Waals surface area contributed by atoms with Gasteiger partial charge in [-0.05, 0) is 25.2 Å². The molecule has 0 aromatic rings. The molecule has 0 radical (unpaired) electrons. The smallest absolute Gasteiger partial charge is 0.237 e. The van der Waals surface area contributed by atoms with Crippen molar-refractivity contribution < 1.29 is 4.79 Å². The zero-order valence-electron chi connectivity index (χ0n) is 8.75. The summed E-state index contributed by atoms with van der Waals surface area (Å²) in [4.78, 5) is 11.3. The van der Waals surface area contributed by atoms with E-state index in [2.05, 4.69) is 5.32 Å². The highest BCUT2D eigenvalue weighted by atomic mass is 16.1. The minimum Gasteiger partial charge on any atom is -0.355 e. The van der Waals surface area contributed by atoms with Crippen LogP contribution in [-0.4, -0.2) is 12.5 Å². The van der Waals surface area contributed by atoms with E-state index in [9.17, 15) is 4.79 Å². The predicted molar refractivity (Wildman–Crippen MR) is 54.4 cm³/mol. The van der Waals surface area contributed by atoms with Gasteiger partial charge in [0.1, 0.15) is 5.92 Å². The predicted octanol–water partition coefficient (Wildman–Crippen LogP) is 1.84. The number of carbonyl (C=O) groups is 1. The van der Waals surface area contributed by atoms with Crippen LogP contribution in [0.1, 0.15) is 39.0 Å². The topological polar surface area (TPSA) is 52.9 Å². The van der Waals surface area contributed by atoms with Crippen LogP contribution in [-0.2, 0) is 4.79 Å². The summed E-state index contributed by atoms with van der Waals surface area (Å²) in [7, 11) is 0. The Balaban J connectivity index is 2.04. The lowest BCUT2D eigenvalue weighted by Crippen LogP contribution is -2.30. The Kier molecular flexibility index (Phi) is 4.45. The molecule has 1 unspecified atom stereocenters. The van der Waals surface area contributed by atoms with Gasteiger partial charge < -0.3 is 5.32 Å². The fourth-order valence-corrected chi connectivity index (χ4v) is 1.47. The zero-order valence-corrected chi connectivity index (χ0v) is 8.75. The molecule has 3 heteroatoms. The van der Waals surface area contributed by atoms with E-state index in [1.807, 2.05) is 13.0 Å². The molecular formula is C11H18N2O. The van der Waals surface area contributed by atoms with Crippen LogP contribution in [0.2, 0.25) is 0 Å². The standard InChI is InChI=1S/C11H18N2O/c1-2-10(8-12)11(14)13-7-3-4-9-5-6-9/h9-10H,2-7H2,1H3,(H,13,14). The van der Waals surface area contributed by atoms with Gasteiger partial charge in [-0.25, -0.2) is 0 Å². The highest BCUT2D eigenvalue weighted by molar-refractivity contribution is 5.80. The summed E-state index contributed by atoms with van der Waals surface area (Å²) in [6.45, 7) is 2.59. The summed E-state index contributed by atoms with van der Waals surface area (Å²) in [5.41, 5.74) is 0. The average Bonchev–Trinajstić information content (AvgIpc) is 2.98. The van der Waals surface area contributed by atoms with Crippen LogP contribution < -0.4 is 5.32 Å². The molecule has 3 nitrogen and oxygen atoms in total. The van der Waals surface area contributed by atoms with E-state index in [4.69, 9.17) is 5.26 Å². The largest absolute Gasteiger partial charge is 0.355 e. The quantitative estimate of drug-likeness (QED) is 0.656. The lowest BCUT2D eigenvalue weighted by molar-refractivity contribution is -0.123. The van der Waals surface area contributed by atoms with Crippen LogP contribution in [0, 0.1) is 23.2 Å². The molecule has 1 rings (SSSR count). The van der Waals surface area contributed by atoms with Gasteiger partial charge in [0.15, 0.2) is 0 Å². The Morgan fingerprint density at radius 3 is 2.86 bits per heavy atom. The lowest BCUT2D eigenvalue weighted by atomic mass is 10.1. The summed E-state index contributed by atoms with van der Waals surface area (Å²) < 4.78 is 0. The number of hydrogen-bond donors (Lipinski definition) is 1. The normalized spacial score (nSPS) is 17.1. The van der Waals surface area contributed by atoms with Gasteiger partial charge in [0, 0.05) is 6.54 Å². The third-order valence-corrected chi connectivity index (χ3v) is 2.67. The first kappa shape index (κ1) is 11.0. The minimum atomic E-state index is -0.462. The molecule has 1 aliphatic carbocycles. The monoisotopic (exact) mass is 194 g/mol. The third kappa shape index (κ3) is 3.78. The van der Waals surface area contributed by atoms with Gasteiger partial charge in [0.2, 0.25) is 5.91 Å². The van der Waals surface area contributed by atoms with E-state index in [1.54, 1.807) is 0 Å². The van der Waals surface area contributed by atoms with Gasteiger partial charge in [0.25, 0.3) is 0 Å². The van der Waals surface area contributed by atoms with Crippen molar-refractivity contribution in [2.24, 2.45) is 11.8 Å². The summed E-state index contributed by atoms with van der Waals surface area (Å²) in [5, 5.41) is 11.4. The van der Waals surface area contributed by atoms with E-state index in [-0.39, 0.29) is 5.91 Å². The van der Waals surface area contributed by atoms with E-state index in [1.165, 1.54) is 19.3 Å². The second kappa shape index (κ2) is 5.64. The summed E-state index contributed by atoms with van der Waals surface area (Å²) in [6.07, 6.45) is 5.61. The summed E-state index contributed by atoms with van der Waals surface area (Å²) in [6, 6.07) is 2.00. The molecule has 0 spiro atoms. The second-order valence-electron chi connectivity index (χ2n) is 3.97. The number of amides is 1. The maximum atomic E-state index is 11.3. The summed E-state index contributed by atoms with van der Waals surface area (Å²) in [5.74, 6) is 0.353. The van der Waals surface area contributed by atoms with Crippen LogP contribution in [0.3, 0.4) is 0 Å². The molecule has 78 valence electrons. The first-order valence-electron chi connectivity index (χ1n) is 5.45. The van der Waals surface area contributed by atoms with E-state index in [0.717, 1.165) is 18.9 Å². The molecule has 1 atom stereocenters. The highest BCUT2D eigenvalue weighted by Crippen LogP contribution is 2.33. The van der Waals surface area contributed by atoms with Crippen molar-refractivity contribution in [1.29, 1.82) is 5.26 Å². The van der Waals surface area contributed by atoms with Gasteiger partial charge >= 0.3 is 0 Å². The van der Waals surface area contributed by atoms with E-state index >= 15 is 0 Å². The van der Waals surface area contributed by atoms with Gasteiger partial charge in [-0.15, -0.1) is 0 Å². The number of hydrogen-bond acceptors (Lipinski definition) is 2. The first-order chi connectivity index (χ1) is 6.77. The molecule has 0 aromatic carbocycles. The zero-order chi connectivity index (χ0) is 10.4. The first-order valence-corrected chi connectivity index (χ1v) is 5.45. The molecule has 14 heavy (non-hydrogen) atoms. The van der Waals surface area contributed by atoms with E-state index in [0.29, 0.717) is 6.42 Å². The third-order valence-electron chi connectivity index (χ3n) is 2.67. The molecule has 0 aromatic heterocycles. The Morgan fingerprint density at radius 1 is 1.64 bits per heavy atom. The number of nitriles is 1. The Hall–Kier alpha value is -1.04. The Bertz CT molecular complexity index is 228. The van der Waals surface area contributed by atoms with Crippen molar-refractivity contribution in [2.75, 3.05) is 6.54 Å². The van der Waals surface area contributed by atoms with Crippen molar-refractivity contribution in [3.8, 4) is 6.07 Å². The number of nitrogens with zero attached hydrogens (tertiary/aromatic N) is 1. The molecule has 0 aliphatic heterocycles. The van der Waals surface area contributed by atoms with Crippen molar-refractivity contribution >= 4 is 5.91 Å². The van der Waals surface area contributed by atoms with Gasteiger partial charge in [-0.1, -0.05) is 19.8 Å². The fourth-order valence-electron chi connectivity index (χ4n) is 1.47. The van der Waals surface area contributed by atoms with E-state index < -0.39 is 5.92 Å². The van der Waals surface area contributed by atoms with Crippen LogP contribution in [0.5, 0.6) is 0 Å². The number of carbonyl (C=O) groups excluding carboxylic acids is 1. The minimum absolute atomic E-state index is 0.106. The van der Waals surface area contributed by atoms with Gasteiger partial charge in [-0.2, -0.15) is 5.26 Å². The lowest BCUT2D eigenvalue weighted by Gasteiger charge is -2.07. The maximum Gasteiger partial charge on any atom is 0.237 e. The molecule has 0 saturated heterocycles.